The number of carbonyl (C=O) groups is 3. The highest BCUT2D eigenvalue weighted by Crippen LogP contribution is 2.28. The van der Waals surface area contributed by atoms with Crippen LogP contribution < -0.4 is 14.8 Å². The molecule has 0 bridgehead atoms. The number of amidine groups is 1. The van der Waals surface area contributed by atoms with Crippen LogP contribution >= 0.6 is 11.6 Å². The van der Waals surface area contributed by atoms with Crippen LogP contribution in [0.5, 0.6) is 11.5 Å². The molecular formula is C24H22ClN4O5+. The Hall–Kier alpha value is -3.98. The van der Waals surface area contributed by atoms with Gasteiger partial charge in [0.05, 0.1) is 19.9 Å². The summed E-state index contributed by atoms with van der Waals surface area (Å²) in [5, 5.41) is 3.13. The maximum Gasteiger partial charge on any atom is 0.446 e. The number of nitrogens with one attached hydrogen (secondary N) is 1. The van der Waals surface area contributed by atoms with Gasteiger partial charge in [-0.2, -0.15) is 9.48 Å². The second-order valence-electron chi connectivity index (χ2n) is 7.53. The van der Waals surface area contributed by atoms with E-state index in [4.69, 9.17) is 21.1 Å². The zero-order chi connectivity index (χ0) is 24.2. The minimum atomic E-state index is -0.769. The van der Waals surface area contributed by atoms with Crippen molar-refractivity contribution < 1.29 is 28.4 Å². The first-order valence-electron chi connectivity index (χ1n) is 10.4. The van der Waals surface area contributed by atoms with Gasteiger partial charge in [-0.1, -0.05) is 29.8 Å². The van der Waals surface area contributed by atoms with E-state index in [1.165, 1.54) is 17.9 Å². The van der Waals surface area contributed by atoms with Crippen LogP contribution in [0.15, 0.2) is 59.6 Å². The van der Waals surface area contributed by atoms with Gasteiger partial charge in [0, 0.05) is 5.02 Å². The average Bonchev–Trinajstić information content (AvgIpc) is 2.85. The zero-order valence-electron chi connectivity index (χ0n) is 18.5. The second kappa shape index (κ2) is 9.88. The van der Waals surface area contributed by atoms with Crippen molar-refractivity contribution in [1.82, 2.24) is 4.90 Å². The first-order valence-corrected chi connectivity index (χ1v) is 10.8. The fourth-order valence-corrected chi connectivity index (χ4v) is 3.87. The van der Waals surface area contributed by atoms with Crippen LogP contribution in [0, 0.1) is 5.92 Å². The third-order valence-corrected chi connectivity index (χ3v) is 5.62. The molecule has 0 radical (unpaired) electrons. The average molecular weight is 482 g/mol. The predicted octanol–water partition coefficient (Wildman–Crippen LogP) is 3.13. The number of hydrogen-bond donors (Lipinski definition) is 1. The molecule has 2 aromatic rings. The van der Waals surface area contributed by atoms with Gasteiger partial charge in [0.1, 0.15) is 24.3 Å². The number of ether oxygens (including phenoxy) is 2. The van der Waals surface area contributed by atoms with Gasteiger partial charge in [-0.3, -0.25) is 9.59 Å². The summed E-state index contributed by atoms with van der Waals surface area (Å²) in [6.45, 7) is -0.304. The van der Waals surface area contributed by atoms with Crippen molar-refractivity contribution >= 4 is 47.2 Å². The van der Waals surface area contributed by atoms with E-state index in [2.05, 4.69) is 10.3 Å². The van der Waals surface area contributed by atoms with Gasteiger partial charge in [0.2, 0.25) is 0 Å². The molecule has 10 heteroatoms. The maximum absolute atomic E-state index is 13.3. The Morgan fingerprint density at radius 2 is 1.91 bits per heavy atom. The molecule has 2 aromatic carbocycles. The zero-order valence-corrected chi connectivity index (χ0v) is 19.3. The molecular weight excluding hydrogens is 460 g/mol. The van der Waals surface area contributed by atoms with Gasteiger partial charge in [-0.05, 0) is 42.0 Å². The van der Waals surface area contributed by atoms with E-state index in [1.54, 1.807) is 61.7 Å². The molecule has 9 nitrogen and oxygen atoms in total. The topological polar surface area (TPSA) is 100 Å². The first kappa shape index (κ1) is 23.2. The van der Waals surface area contributed by atoms with Gasteiger partial charge in [-0.15, -0.1) is 4.99 Å². The van der Waals surface area contributed by atoms with Gasteiger partial charge in [0.15, 0.2) is 12.5 Å². The Labute approximate surface area is 200 Å². The molecule has 0 saturated heterocycles. The van der Waals surface area contributed by atoms with E-state index < -0.39 is 23.8 Å². The van der Waals surface area contributed by atoms with Crippen molar-refractivity contribution in [2.45, 2.75) is 6.54 Å². The molecule has 2 heterocycles. The molecule has 0 fully saturated rings. The summed E-state index contributed by atoms with van der Waals surface area (Å²) in [6, 6.07) is 11.2. The third kappa shape index (κ3) is 4.69. The molecule has 2 aliphatic heterocycles. The van der Waals surface area contributed by atoms with Crippen LogP contribution in [0.4, 0.5) is 10.5 Å². The molecule has 1 atom stereocenters. The molecule has 4 rings (SSSR count). The Kier molecular flexibility index (Phi) is 6.74. The number of nitrogens with zero attached hydrogens (tertiary/aromatic N) is 3. The molecule has 174 valence electrons. The summed E-state index contributed by atoms with van der Waals surface area (Å²) < 4.78 is 11.6. The van der Waals surface area contributed by atoms with E-state index >= 15 is 0 Å². The standard InChI is InChI=1S/C24H21ClN4O5/c1-33-17-8-5-15(6-9-17)13-29-23(31)18-4-3-11-26-22(18)28(24(29)32)14-21(30)27-19-12-16(25)7-10-20(19)34-2/h3-12,18H,13-14H2,1-2H3/p+1. The van der Waals surface area contributed by atoms with Crippen LogP contribution in [-0.2, 0) is 16.1 Å². The Morgan fingerprint density at radius 3 is 2.62 bits per heavy atom. The fraction of sp³-hybridized carbons (Fsp3) is 0.208. The van der Waals surface area contributed by atoms with E-state index in [0.29, 0.717) is 22.2 Å². The summed E-state index contributed by atoms with van der Waals surface area (Å²) in [5.74, 6) is -0.384. The van der Waals surface area contributed by atoms with Crippen LogP contribution in [-0.4, -0.2) is 60.1 Å². The normalized spacial score (nSPS) is 17.0. The lowest BCUT2D eigenvalue weighted by Gasteiger charge is -2.27. The number of allylic oxidation sites excluding steroid dienone is 1. The lowest BCUT2D eigenvalue weighted by molar-refractivity contribution is -0.429. The first-order chi connectivity index (χ1) is 16.4. The molecule has 2 aliphatic rings. The summed E-state index contributed by atoms with van der Waals surface area (Å²) in [5.41, 5.74) is 1.10. The SMILES string of the molecule is COc1ccc(CN2C(=O)C3C=CC=NC3=[N+](CC(=O)Nc3cc(Cl)ccc3OC)C2=O)cc1. The van der Waals surface area contributed by atoms with Crippen molar-refractivity contribution in [3.8, 4) is 11.5 Å². The minimum Gasteiger partial charge on any atom is -0.497 e. The van der Waals surface area contributed by atoms with Crippen molar-refractivity contribution in [2.75, 3.05) is 26.1 Å². The molecule has 0 aromatic heterocycles. The van der Waals surface area contributed by atoms with Gasteiger partial charge >= 0.3 is 11.9 Å². The smallest absolute Gasteiger partial charge is 0.446 e. The fourth-order valence-electron chi connectivity index (χ4n) is 3.70. The number of fused-ring (bicyclic) bond motifs is 1. The Bertz CT molecular complexity index is 1240. The van der Waals surface area contributed by atoms with Gasteiger partial charge < -0.3 is 14.8 Å². The number of rotatable bonds is 7. The van der Waals surface area contributed by atoms with E-state index in [-0.39, 0.29) is 18.9 Å². The highest BCUT2D eigenvalue weighted by molar-refractivity contribution is 6.31. The molecule has 34 heavy (non-hydrogen) atoms. The number of dihydropyridines is 1. The molecule has 0 spiro atoms. The summed E-state index contributed by atoms with van der Waals surface area (Å²) in [6.07, 6.45) is 4.78. The van der Waals surface area contributed by atoms with Crippen LogP contribution in [0.2, 0.25) is 5.02 Å². The number of anilines is 1. The number of carbonyl (C=O) groups excluding carboxylic acids is 3. The summed E-state index contributed by atoms with van der Waals surface area (Å²) in [4.78, 5) is 44.7. The van der Waals surface area contributed by atoms with E-state index in [0.717, 1.165) is 10.5 Å². The summed E-state index contributed by atoms with van der Waals surface area (Å²) >= 11 is 6.04. The molecule has 0 saturated carbocycles. The van der Waals surface area contributed by atoms with E-state index in [9.17, 15) is 14.4 Å². The second-order valence-corrected chi connectivity index (χ2v) is 7.97. The maximum atomic E-state index is 13.3. The number of halogens is 1. The molecule has 1 unspecified atom stereocenters. The van der Waals surface area contributed by atoms with Gasteiger partial charge in [-0.25, -0.2) is 4.79 Å². The number of imide groups is 1. The number of amides is 4. The van der Waals surface area contributed by atoms with Crippen LogP contribution in [0.25, 0.3) is 0 Å². The van der Waals surface area contributed by atoms with Crippen molar-refractivity contribution in [3.05, 3.63) is 65.2 Å². The molecule has 4 amide bonds. The largest absolute Gasteiger partial charge is 0.497 e. The summed E-state index contributed by atoms with van der Waals surface area (Å²) in [7, 11) is 3.03. The predicted molar refractivity (Wildman–Crippen MR) is 127 cm³/mol. The number of hydrogen-bond acceptors (Lipinski definition) is 6. The molecule has 1 N–H and O–H groups in total. The van der Waals surface area contributed by atoms with Gasteiger partial charge in [0.25, 0.3) is 11.7 Å². The quantitative estimate of drug-likeness (QED) is 0.612. The van der Waals surface area contributed by atoms with Crippen molar-refractivity contribution in [1.29, 1.82) is 0 Å². The number of methoxy groups -OCH3 is 2. The Morgan fingerprint density at radius 1 is 1.15 bits per heavy atom. The van der Waals surface area contributed by atoms with E-state index in [1.807, 2.05) is 0 Å². The van der Waals surface area contributed by atoms with Crippen molar-refractivity contribution in [2.24, 2.45) is 10.9 Å². The highest BCUT2D eigenvalue weighted by atomic mass is 35.5. The van der Waals surface area contributed by atoms with Crippen LogP contribution in [0.3, 0.4) is 0 Å². The lowest BCUT2D eigenvalue weighted by Crippen LogP contribution is -2.55. The number of urea groups is 1. The number of benzene rings is 2. The third-order valence-electron chi connectivity index (χ3n) is 5.38. The number of aliphatic imine (C=N–C) groups is 1. The Balaban J connectivity index is 1.60. The molecule has 0 aliphatic carbocycles. The monoisotopic (exact) mass is 481 g/mol. The van der Waals surface area contributed by atoms with Crippen molar-refractivity contribution in [3.63, 3.8) is 0 Å². The minimum absolute atomic E-state index is 0.0449. The lowest BCUT2D eigenvalue weighted by atomic mass is 10.0. The highest BCUT2D eigenvalue weighted by Gasteiger charge is 2.47. The van der Waals surface area contributed by atoms with Crippen LogP contribution in [0.1, 0.15) is 5.56 Å².